The number of rotatable bonds is 6. The molecule has 1 aromatic rings. The van der Waals surface area contributed by atoms with Gasteiger partial charge in [-0.1, -0.05) is 31.5 Å². The summed E-state index contributed by atoms with van der Waals surface area (Å²) in [7, 11) is -3.87. The van der Waals surface area contributed by atoms with Gasteiger partial charge in [0.2, 0.25) is 10.0 Å². The monoisotopic (exact) mass is 323 g/mol. The minimum Gasteiger partial charge on any atom is -0.480 e. The van der Waals surface area contributed by atoms with Crippen LogP contribution < -0.4 is 4.72 Å². The molecule has 112 valence electrons. The first-order chi connectivity index (χ1) is 9.12. The van der Waals surface area contributed by atoms with Crippen molar-refractivity contribution in [1.82, 2.24) is 4.72 Å². The van der Waals surface area contributed by atoms with Gasteiger partial charge in [-0.15, -0.1) is 0 Å². The Morgan fingerprint density at radius 3 is 2.50 bits per heavy atom. The van der Waals surface area contributed by atoms with E-state index >= 15 is 0 Å². The molecule has 0 amide bonds. The van der Waals surface area contributed by atoms with Gasteiger partial charge >= 0.3 is 5.97 Å². The lowest BCUT2D eigenvalue weighted by molar-refractivity contribution is -0.140. The van der Waals surface area contributed by atoms with Crippen LogP contribution in [0.5, 0.6) is 0 Å². The summed E-state index contributed by atoms with van der Waals surface area (Å²) in [4.78, 5) is 11.0. The molecule has 0 spiro atoms. The molecule has 0 saturated carbocycles. The van der Waals surface area contributed by atoms with Crippen LogP contribution in [0.25, 0.3) is 0 Å². The highest BCUT2D eigenvalue weighted by Gasteiger charge is 2.27. The highest BCUT2D eigenvalue weighted by molar-refractivity contribution is 7.88. The molecule has 0 aliphatic carbocycles. The SMILES string of the molecule is CC(C)C(NS(=O)(=O)Cc1ccc(F)c(Cl)c1)C(=O)O. The van der Waals surface area contributed by atoms with Crippen LogP contribution in [0, 0.1) is 11.7 Å². The third kappa shape index (κ3) is 4.73. The Morgan fingerprint density at radius 1 is 1.45 bits per heavy atom. The second-order valence-corrected chi connectivity index (χ2v) is 6.85. The minimum absolute atomic E-state index is 0.184. The maximum Gasteiger partial charge on any atom is 0.321 e. The maximum absolute atomic E-state index is 13.0. The molecular formula is C12H15ClFNO4S. The third-order valence-electron chi connectivity index (χ3n) is 2.58. The number of carboxylic acids is 1. The predicted molar refractivity (Wildman–Crippen MR) is 73.4 cm³/mol. The van der Waals surface area contributed by atoms with Crippen LogP contribution in [0.1, 0.15) is 19.4 Å². The number of carbonyl (C=O) groups is 1. The first-order valence-electron chi connectivity index (χ1n) is 5.79. The van der Waals surface area contributed by atoms with Gasteiger partial charge < -0.3 is 5.11 Å². The van der Waals surface area contributed by atoms with Gasteiger partial charge in [0.15, 0.2) is 0 Å². The number of benzene rings is 1. The van der Waals surface area contributed by atoms with Gasteiger partial charge in [0.25, 0.3) is 0 Å². The van der Waals surface area contributed by atoms with Crippen molar-refractivity contribution in [2.45, 2.75) is 25.6 Å². The van der Waals surface area contributed by atoms with E-state index in [0.717, 1.165) is 6.07 Å². The van der Waals surface area contributed by atoms with E-state index in [-0.39, 0.29) is 10.6 Å². The highest BCUT2D eigenvalue weighted by atomic mass is 35.5. The lowest BCUT2D eigenvalue weighted by Gasteiger charge is -2.18. The van der Waals surface area contributed by atoms with Crippen LogP contribution in [0.2, 0.25) is 5.02 Å². The predicted octanol–water partition coefficient (Wildman–Crippen LogP) is 2.01. The first kappa shape index (κ1) is 16.9. The summed E-state index contributed by atoms with van der Waals surface area (Å²) in [6.45, 7) is 3.19. The molecule has 1 unspecified atom stereocenters. The van der Waals surface area contributed by atoms with Gasteiger partial charge in [-0.05, 0) is 23.6 Å². The minimum atomic E-state index is -3.87. The maximum atomic E-state index is 13.0. The smallest absolute Gasteiger partial charge is 0.321 e. The van der Waals surface area contributed by atoms with Crippen LogP contribution >= 0.6 is 11.6 Å². The molecule has 0 heterocycles. The van der Waals surface area contributed by atoms with E-state index in [1.54, 1.807) is 13.8 Å². The van der Waals surface area contributed by atoms with E-state index in [9.17, 15) is 17.6 Å². The largest absolute Gasteiger partial charge is 0.480 e. The lowest BCUT2D eigenvalue weighted by atomic mass is 10.1. The Hall–Kier alpha value is -1.18. The topological polar surface area (TPSA) is 83.5 Å². The van der Waals surface area contributed by atoms with Gasteiger partial charge in [0.05, 0.1) is 10.8 Å². The van der Waals surface area contributed by atoms with Gasteiger partial charge in [-0.3, -0.25) is 4.79 Å². The molecule has 8 heteroatoms. The number of halogens is 2. The molecule has 0 fully saturated rings. The van der Waals surface area contributed by atoms with E-state index < -0.39 is 39.5 Å². The number of carboxylic acid groups (broad SMARTS) is 1. The molecular weight excluding hydrogens is 309 g/mol. The molecule has 0 aromatic heterocycles. The molecule has 0 aliphatic rings. The van der Waals surface area contributed by atoms with Gasteiger partial charge in [-0.2, -0.15) is 0 Å². The average Bonchev–Trinajstić information content (AvgIpc) is 2.30. The van der Waals surface area contributed by atoms with Crippen LogP contribution in [-0.4, -0.2) is 25.5 Å². The molecule has 0 bridgehead atoms. The van der Waals surface area contributed by atoms with Crippen molar-refractivity contribution >= 4 is 27.6 Å². The molecule has 20 heavy (non-hydrogen) atoms. The molecule has 5 nitrogen and oxygen atoms in total. The van der Waals surface area contributed by atoms with E-state index in [0.29, 0.717) is 0 Å². The molecule has 0 radical (unpaired) electrons. The van der Waals surface area contributed by atoms with Crippen molar-refractivity contribution in [3.05, 3.63) is 34.6 Å². The summed E-state index contributed by atoms with van der Waals surface area (Å²) in [6.07, 6.45) is 0. The quantitative estimate of drug-likeness (QED) is 0.838. The third-order valence-corrected chi connectivity index (χ3v) is 4.20. The van der Waals surface area contributed by atoms with Crippen molar-refractivity contribution in [3.63, 3.8) is 0 Å². The van der Waals surface area contributed by atoms with Crippen molar-refractivity contribution in [2.75, 3.05) is 0 Å². The average molecular weight is 324 g/mol. The second kappa shape index (κ2) is 6.51. The Bertz CT molecular complexity index is 603. The number of hydrogen-bond acceptors (Lipinski definition) is 3. The Morgan fingerprint density at radius 2 is 2.05 bits per heavy atom. The van der Waals surface area contributed by atoms with Crippen molar-refractivity contribution in [1.29, 1.82) is 0 Å². The van der Waals surface area contributed by atoms with Crippen LogP contribution in [0.3, 0.4) is 0 Å². The Labute approximate surface area is 121 Å². The van der Waals surface area contributed by atoms with Gasteiger partial charge in [-0.25, -0.2) is 17.5 Å². The summed E-state index contributed by atoms with van der Waals surface area (Å²) in [5.41, 5.74) is 0.275. The fraction of sp³-hybridized carbons (Fsp3) is 0.417. The van der Waals surface area contributed by atoms with Crippen LogP contribution in [0.15, 0.2) is 18.2 Å². The summed E-state index contributed by atoms with van der Waals surface area (Å²) in [5, 5.41) is 8.77. The van der Waals surface area contributed by atoms with Crippen molar-refractivity contribution in [2.24, 2.45) is 5.92 Å². The molecule has 0 aliphatic heterocycles. The number of aliphatic carboxylic acids is 1. The number of nitrogens with one attached hydrogen (secondary N) is 1. The van der Waals surface area contributed by atoms with E-state index in [2.05, 4.69) is 4.72 Å². The fourth-order valence-electron chi connectivity index (χ4n) is 1.56. The van der Waals surface area contributed by atoms with Gasteiger partial charge in [0, 0.05) is 0 Å². The van der Waals surface area contributed by atoms with Crippen LogP contribution in [-0.2, 0) is 20.6 Å². The zero-order valence-electron chi connectivity index (χ0n) is 10.9. The molecule has 1 aromatic carbocycles. The molecule has 0 saturated heterocycles. The zero-order valence-corrected chi connectivity index (χ0v) is 12.5. The summed E-state index contributed by atoms with van der Waals surface area (Å²) in [6, 6.07) is 2.33. The van der Waals surface area contributed by atoms with E-state index in [4.69, 9.17) is 16.7 Å². The van der Waals surface area contributed by atoms with Crippen LogP contribution in [0.4, 0.5) is 4.39 Å². The first-order valence-corrected chi connectivity index (χ1v) is 7.82. The summed E-state index contributed by atoms with van der Waals surface area (Å²) in [5.74, 6) is -2.77. The lowest BCUT2D eigenvalue weighted by Crippen LogP contribution is -2.44. The summed E-state index contributed by atoms with van der Waals surface area (Å²) >= 11 is 5.56. The summed E-state index contributed by atoms with van der Waals surface area (Å²) < 4.78 is 38.9. The highest BCUT2D eigenvalue weighted by Crippen LogP contribution is 2.17. The molecule has 1 rings (SSSR count). The number of sulfonamides is 1. The Kier molecular flexibility index (Phi) is 5.50. The fourth-order valence-corrected chi connectivity index (χ4v) is 3.22. The van der Waals surface area contributed by atoms with Crippen molar-refractivity contribution in [3.8, 4) is 0 Å². The van der Waals surface area contributed by atoms with E-state index in [1.165, 1.54) is 12.1 Å². The standard InChI is InChI=1S/C12H15ClFNO4S/c1-7(2)11(12(16)17)15-20(18,19)6-8-3-4-10(14)9(13)5-8/h3-5,7,11,15H,6H2,1-2H3,(H,16,17). The van der Waals surface area contributed by atoms with Crippen molar-refractivity contribution < 1.29 is 22.7 Å². The molecule has 2 N–H and O–H groups in total. The second-order valence-electron chi connectivity index (χ2n) is 4.69. The zero-order chi connectivity index (χ0) is 15.5. The normalized spacial score (nSPS) is 13.4. The Balaban J connectivity index is 2.89. The van der Waals surface area contributed by atoms with E-state index in [1.807, 2.05) is 0 Å². The molecule has 1 atom stereocenters. The van der Waals surface area contributed by atoms with Gasteiger partial charge in [0.1, 0.15) is 11.9 Å². The number of hydrogen-bond donors (Lipinski definition) is 2.